The lowest BCUT2D eigenvalue weighted by Crippen LogP contribution is -2.07. The Morgan fingerprint density at radius 2 is 2.11 bits per heavy atom. The van der Waals surface area contributed by atoms with Gasteiger partial charge in [0.2, 0.25) is 6.79 Å². The Labute approximate surface area is 116 Å². The Kier molecular flexibility index (Phi) is 3.17. The van der Waals surface area contributed by atoms with E-state index in [9.17, 15) is 0 Å². The van der Waals surface area contributed by atoms with Gasteiger partial charge in [-0.1, -0.05) is 17.7 Å². The molecule has 0 aliphatic carbocycles. The molecule has 1 aromatic heterocycles. The number of fused-ring (bicyclic) bond motifs is 1. The summed E-state index contributed by atoms with van der Waals surface area (Å²) in [5.74, 6) is 1.40. The monoisotopic (exact) mass is 276 g/mol. The molecule has 1 aliphatic rings. The molecule has 19 heavy (non-hydrogen) atoms. The summed E-state index contributed by atoms with van der Waals surface area (Å²) >= 11 is 6.23. The molecule has 2 aromatic rings. The molecule has 98 valence electrons. The molecule has 1 atom stereocenters. The molecule has 0 radical (unpaired) electrons. The van der Waals surface area contributed by atoms with E-state index in [1.165, 1.54) is 0 Å². The summed E-state index contributed by atoms with van der Waals surface area (Å²) in [6, 6.07) is 7.66. The third-order valence-corrected chi connectivity index (χ3v) is 3.33. The summed E-state index contributed by atoms with van der Waals surface area (Å²) in [6.45, 7) is 2.30. The highest BCUT2D eigenvalue weighted by Crippen LogP contribution is 2.40. The molecule has 1 unspecified atom stereocenters. The van der Waals surface area contributed by atoms with Crippen LogP contribution in [-0.4, -0.2) is 11.8 Å². The molecule has 1 N–H and O–H groups in total. The van der Waals surface area contributed by atoms with Gasteiger partial charge < -0.3 is 14.8 Å². The minimum Gasteiger partial charge on any atom is -0.454 e. The van der Waals surface area contributed by atoms with Crippen molar-refractivity contribution < 1.29 is 9.47 Å². The average molecular weight is 277 g/mol. The van der Waals surface area contributed by atoms with Crippen LogP contribution < -0.4 is 14.8 Å². The minimum atomic E-state index is 0.103. The summed E-state index contributed by atoms with van der Waals surface area (Å²) in [7, 11) is 0. The Morgan fingerprint density at radius 3 is 2.84 bits per heavy atom. The maximum absolute atomic E-state index is 6.23. The first kappa shape index (κ1) is 12.1. The van der Waals surface area contributed by atoms with Crippen LogP contribution in [0.4, 0.5) is 5.69 Å². The van der Waals surface area contributed by atoms with Gasteiger partial charge in [0.25, 0.3) is 0 Å². The first-order chi connectivity index (χ1) is 9.24. The zero-order valence-electron chi connectivity index (χ0n) is 10.4. The molecular formula is C14H13ClN2O2. The van der Waals surface area contributed by atoms with Crippen molar-refractivity contribution in [2.24, 2.45) is 0 Å². The second-order valence-electron chi connectivity index (χ2n) is 4.34. The summed E-state index contributed by atoms with van der Waals surface area (Å²) in [6.07, 6.45) is 3.59. The molecule has 0 saturated carbocycles. The summed E-state index contributed by atoms with van der Waals surface area (Å²) in [5.41, 5.74) is 1.92. The standard InChI is InChI=1S/C14H13ClN2O2/c1-9(10-3-2-4-16-7-10)17-12-6-14-13(5-11(12)15)18-8-19-14/h2-7,9,17H,8H2,1H3. The summed E-state index contributed by atoms with van der Waals surface area (Å²) in [5, 5.41) is 3.96. The van der Waals surface area contributed by atoms with Gasteiger partial charge >= 0.3 is 0 Å². The number of hydrogen-bond donors (Lipinski definition) is 1. The topological polar surface area (TPSA) is 43.4 Å². The van der Waals surface area contributed by atoms with E-state index in [1.807, 2.05) is 24.4 Å². The van der Waals surface area contributed by atoms with Crippen molar-refractivity contribution >= 4 is 17.3 Å². The molecule has 0 fully saturated rings. The van der Waals surface area contributed by atoms with Crippen LogP contribution in [0.25, 0.3) is 0 Å². The highest BCUT2D eigenvalue weighted by atomic mass is 35.5. The molecule has 0 saturated heterocycles. The van der Waals surface area contributed by atoms with Gasteiger partial charge in [-0.15, -0.1) is 0 Å². The van der Waals surface area contributed by atoms with Crippen molar-refractivity contribution in [2.45, 2.75) is 13.0 Å². The fourth-order valence-electron chi connectivity index (χ4n) is 1.98. The molecule has 1 aromatic carbocycles. The number of benzene rings is 1. The van der Waals surface area contributed by atoms with E-state index in [1.54, 1.807) is 12.3 Å². The van der Waals surface area contributed by atoms with Crippen LogP contribution in [0.3, 0.4) is 0 Å². The van der Waals surface area contributed by atoms with Crippen LogP contribution in [0.2, 0.25) is 5.02 Å². The number of nitrogens with zero attached hydrogens (tertiary/aromatic N) is 1. The zero-order valence-corrected chi connectivity index (χ0v) is 11.1. The molecule has 0 spiro atoms. The average Bonchev–Trinajstić information content (AvgIpc) is 2.87. The van der Waals surface area contributed by atoms with E-state index in [-0.39, 0.29) is 12.8 Å². The number of nitrogens with one attached hydrogen (secondary N) is 1. The number of anilines is 1. The second kappa shape index (κ2) is 4.97. The van der Waals surface area contributed by atoms with Crippen LogP contribution in [-0.2, 0) is 0 Å². The highest BCUT2D eigenvalue weighted by Gasteiger charge is 2.17. The number of hydrogen-bond acceptors (Lipinski definition) is 4. The predicted molar refractivity (Wildman–Crippen MR) is 73.8 cm³/mol. The Morgan fingerprint density at radius 1 is 1.32 bits per heavy atom. The Bertz CT molecular complexity index is 589. The number of aromatic nitrogens is 1. The van der Waals surface area contributed by atoms with Crippen LogP contribution in [0.5, 0.6) is 11.5 Å². The largest absolute Gasteiger partial charge is 0.454 e. The lowest BCUT2D eigenvalue weighted by molar-refractivity contribution is 0.174. The molecule has 0 amide bonds. The molecule has 4 nitrogen and oxygen atoms in total. The Hall–Kier alpha value is -1.94. The van der Waals surface area contributed by atoms with Gasteiger partial charge in [0, 0.05) is 24.5 Å². The minimum absolute atomic E-state index is 0.103. The number of pyridine rings is 1. The number of rotatable bonds is 3. The van der Waals surface area contributed by atoms with Crippen molar-refractivity contribution in [3.8, 4) is 11.5 Å². The second-order valence-corrected chi connectivity index (χ2v) is 4.74. The van der Waals surface area contributed by atoms with Crippen LogP contribution in [0.1, 0.15) is 18.5 Å². The first-order valence-electron chi connectivity index (χ1n) is 5.99. The SMILES string of the molecule is CC(Nc1cc2c(cc1Cl)OCO2)c1cccnc1. The third kappa shape index (κ3) is 2.44. The van der Waals surface area contributed by atoms with E-state index in [0.717, 1.165) is 11.3 Å². The lowest BCUT2D eigenvalue weighted by atomic mass is 10.1. The van der Waals surface area contributed by atoms with E-state index < -0.39 is 0 Å². The Balaban J connectivity index is 1.84. The van der Waals surface area contributed by atoms with E-state index in [2.05, 4.69) is 17.2 Å². The number of halogens is 1. The summed E-state index contributed by atoms with van der Waals surface area (Å²) in [4.78, 5) is 4.11. The van der Waals surface area contributed by atoms with Crippen molar-refractivity contribution in [3.05, 3.63) is 47.2 Å². The smallest absolute Gasteiger partial charge is 0.231 e. The first-order valence-corrected chi connectivity index (χ1v) is 6.37. The maximum atomic E-state index is 6.23. The van der Waals surface area contributed by atoms with Crippen molar-refractivity contribution in [1.82, 2.24) is 4.98 Å². The molecule has 0 bridgehead atoms. The quantitative estimate of drug-likeness (QED) is 0.929. The predicted octanol–water partition coefficient (Wildman–Crippen LogP) is 3.64. The van der Waals surface area contributed by atoms with Crippen LogP contribution >= 0.6 is 11.6 Å². The fourth-order valence-corrected chi connectivity index (χ4v) is 2.18. The molecule has 2 heterocycles. The number of ether oxygens (including phenoxy) is 2. The zero-order chi connectivity index (χ0) is 13.2. The maximum Gasteiger partial charge on any atom is 0.231 e. The van der Waals surface area contributed by atoms with Crippen molar-refractivity contribution in [2.75, 3.05) is 12.1 Å². The van der Waals surface area contributed by atoms with E-state index in [0.29, 0.717) is 16.5 Å². The normalized spacial score (nSPS) is 14.2. The van der Waals surface area contributed by atoms with Gasteiger partial charge in [-0.25, -0.2) is 0 Å². The molecule has 3 rings (SSSR count). The van der Waals surface area contributed by atoms with Gasteiger partial charge in [-0.05, 0) is 18.6 Å². The molecule has 5 heteroatoms. The van der Waals surface area contributed by atoms with E-state index in [4.69, 9.17) is 21.1 Å². The molecular weight excluding hydrogens is 264 g/mol. The molecule has 1 aliphatic heterocycles. The van der Waals surface area contributed by atoms with Gasteiger partial charge in [0.15, 0.2) is 11.5 Å². The van der Waals surface area contributed by atoms with Crippen LogP contribution in [0.15, 0.2) is 36.7 Å². The highest BCUT2D eigenvalue weighted by molar-refractivity contribution is 6.33. The van der Waals surface area contributed by atoms with Crippen molar-refractivity contribution in [1.29, 1.82) is 0 Å². The lowest BCUT2D eigenvalue weighted by Gasteiger charge is -2.16. The van der Waals surface area contributed by atoms with Gasteiger partial charge in [0.05, 0.1) is 16.8 Å². The van der Waals surface area contributed by atoms with Gasteiger partial charge in [-0.3, -0.25) is 4.98 Å². The van der Waals surface area contributed by atoms with Gasteiger partial charge in [0.1, 0.15) is 0 Å². The summed E-state index contributed by atoms with van der Waals surface area (Å²) < 4.78 is 10.6. The van der Waals surface area contributed by atoms with Crippen molar-refractivity contribution in [3.63, 3.8) is 0 Å². The fraction of sp³-hybridized carbons (Fsp3) is 0.214. The third-order valence-electron chi connectivity index (χ3n) is 3.02. The van der Waals surface area contributed by atoms with E-state index >= 15 is 0 Å². The van der Waals surface area contributed by atoms with Gasteiger partial charge in [-0.2, -0.15) is 0 Å². The van der Waals surface area contributed by atoms with Crippen LogP contribution in [0, 0.1) is 0 Å².